The molecule has 60 valence electrons. The number of hydrogen-bond acceptors (Lipinski definition) is 3. The van der Waals surface area contributed by atoms with Crippen LogP contribution < -0.4 is 5.73 Å². The van der Waals surface area contributed by atoms with E-state index in [1.807, 2.05) is 6.92 Å². The van der Waals surface area contributed by atoms with Crippen molar-refractivity contribution in [3.8, 4) is 0 Å². The van der Waals surface area contributed by atoms with Crippen LogP contribution in [-0.4, -0.2) is 11.1 Å². The molecule has 0 amide bonds. The number of rotatable bonds is 2. The van der Waals surface area contributed by atoms with Crippen LogP contribution in [0.1, 0.15) is 22.2 Å². The van der Waals surface area contributed by atoms with E-state index < -0.39 is 5.97 Å². The summed E-state index contributed by atoms with van der Waals surface area (Å²) >= 11 is 1.13. The van der Waals surface area contributed by atoms with Gasteiger partial charge in [0, 0.05) is 0 Å². The van der Waals surface area contributed by atoms with Crippen LogP contribution in [0.5, 0.6) is 0 Å². The molecule has 0 aliphatic carbocycles. The number of thiophene rings is 1. The van der Waals surface area contributed by atoms with Crippen molar-refractivity contribution in [3.05, 3.63) is 16.5 Å². The van der Waals surface area contributed by atoms with Crippen molar-refractivity contribution in [2.75, 3.05) is 5.73 Å². The summed E-state index contributed by atoms with van der Waals surface area (Å²) in [6, 6.07) is 1.72. The van der Waals surface area contributed by atoms with E-state index in [9.17, 15) is 4.79 Å². The summed E-state index contributed by atoms with van der Waals surface area (Å²) in [7, 11) is 0. The molecule has 0 aliphatic heterocycles. The first-order chi connectivity index (χ1) is 5.15. The minimum Gasteiger partial charge on any atom is -0.477 e. The molecule has 1 rings (SSSR count). The van der Waals surface area contributed by atoms with Gasteiger partial charge in [-0.3, -0.25) is 0 Å². The van der Waals surface area contributed by atoms with Gasteiger partial charge in [-0.05, 0) is 18.1 Å². The Morgan fingerprint density at radius 2 is 2.45 bits per heavy atom. The van der Waals surface area contributed by atoms with Crippen molar-refractivity contribution in [2.45, 2.75) is 13.3 Å². The van der Waals surface area contributed by atoms with Crippen LogP contribution in [0.25, 0.3) is 0 Å². The number of carboxylic acid groups (broad SMARTS) is 1. The van der Waals surface area contributed by atoms with Crippen LogP contribution in [0, 0.1) is 0 Å². The highest BCUT2D eigenvalue weighted by Gasteiger charge is 2.11. The Morgan fingerprint density at radius 3 is 2.82 bits per heavy atom. The van der Waals surface area contributed by atoms with Crippen molar-refractivity contribution in [3.63, 3.8) is 0 Å². The SMILES string of the molecule is CCc1cc(N)sc1C(=O)O. The summed E-state index contributed by atoms with van der Waals surface area (Å²) in [4.78, 5) is 10.9. The number of aromatic carboxylic acids is 1. The van der Waals surface area contributed by atoms with Crippen molar-refractivity contribution >= 4 is 22.3 Å². The molecule has 4 heteroatoms. The molecule has 0 radical (unpaired) electrons. The molecule has 0 unspecified atom stereocenters. The molecule has 0 bridgehead atoms. The number of carbonyl (C=O) groups is 1. The van der Waals surface area contributed by atoms with Gasteiger partial charge in [-0.1, -0.05) is 6.92 Å². The number of nitrogen functional groups attached to an aromatic ring is 1. The Labute approximate surface area is 68.5 Å². The maximum Gasteiger partial charge on any atom is 0.346 e. The van der Waals surface area contributed by atoms with Gasteiger partial charge < -0.3 is 10.8 Å². The third kappa shape index (κ3) is 1.51. The lowest BCUT2D eigenvalue weighted by molar-refractivity contribution is 0.0701. The Balaban J connectivity index is 3.12. The molecule has 0 saturated carbocycles. The third-order valence-corrected chi connectivity index (χ3v) is 2.40. The van der Waals surface area contributed by atoms with E-state index in [0.29, 0.717) is 9.88 Å². The summed E-state index contributed by atoms with van der Waals surface area (Å²) in [6.45, 7) is 1.91. The molecular weight excluding hydrogens is 162 g/mol. The average Bonchev–Trinajstić information content (AvgIpc) is 2.30. The minimum absolute atomic E-state index is 0.366. The highest BCUT2D eigenvalue weighted by Crippen LogP contribution is 2.24. The van der Waals surface area contributed by atoms with E-state index in [1.165, 1.54) is 0 Å². The summed E-state index contributed by atoms with van der Waals surface area (Å²) in [5, 5.41) is 9.23. The van der Waals surface area contributed by atoms with Crippen LogP contribution in [0.15, 0.2) is 6.07 Å². The molecule has 0 aromatic carbocycles. The Morgan fingerprint density at radius 1 is 1.82 bits per heavy atom. The first kappa shape index (κ1) is 8.07. The molecule has 0 fully saturated rings. The van der Waals surface area contributed by atoms with E-state index in [1.54, 1.807) is 6.07 Å². The lowest BCUT2D eigenvalue weighted by Crippen LogP contribution is -1.95. The largest absolute Gasteiger partial charge is 0.477 e. The van der Waals surface area contributed by atoms with E-state index in [4.69, 9.17) is 10.8 Å². The zero-order valence-corrected chi connectivity index (χ0v) is 6.94. The van der Waals surface area contributed by atoms with E-state index in [2.05, 4.69) is 0 Å². The van der Waals surface area contributed by atoms with Crippen molar-refractivity contribution in [1.29, 1.82) is 0 Å². The van der Waals surface area contributed by atoms with E-state index >= 15 is 0 Å². The van der Waals surface area contributed by atoms with Gasteiger partial charge in [-0.15, -0.1) is 11.3 Å². The molecule has 1 aromatic heterocycles. The lowest BCUT2D eigenvalue weighted by Gasteiger charge is -1.90. The molecule has 0 atom stereocenters. The predicted molar refractivity (Wildman–Crippen MR) is 45.1 cm³/mol. The fourth-order valence-corrected chi connectivity index (χ4v) is 1.75. The topological polar surface area (TPSA) is 63.3 Å². The summed E-state index contributed by atoms with van der Waals surface area (Å²) in [5.41, 5.74) is 6.27. The van der Waals surface area contributed by atoms with Crippen molar-refractivity contribution < 1.29 is 9.90 Å². The highest BCUT2D eigenvalue weighted by molar-refractivity contribution is 7.17. The molecule has 3 nitrogen and oxygen atoms in total. The van der Waals surface area contributed by atoms with Crippen LogP contribution >= 0.6 is 11.3 Å². The second-order valence-electron chi connectivity index (χ2n) is 2.16. The molecule has 11 heavy (non-hydrogen) atoms. The zero-order valence-electron chi connectivity index (χ0n) is 6.13. The molecule has 0 spiro atoms. The van der Waals surface area contributed by atoms with Crippen LogP contribution in [0.2, 0.25) is 0 Å². The predicted octanol–water partition coefficient (Wildman–Crippen LogP) is 1.59. The van der Waals surface area contributed by atoms with Crippen molar-refractivity contribution in [2.24, 2.45) is 0 Å². The number of anilines is 1. The first-order valence-corrected chi connectivity index (χ1v) is 4.08. The smallest absolute Gasteiger partial charge is 0.346 e. The highest BCUT2D eigenvalue weighted by atomic mass is 32.1. The monoisotopic (exact) mass is 171 g/mol. The maximum absolute atomic E-state index is 10.5. The summed E-state index contributed by atoms with van der Waals surface area (Å²) in [5.74, 6) is -0.886. The van der Waals surface area contributed by atoms with Crippen molar-refractivity contribution in [1.82, 2.24) is 0 Å². The van der Waals surface area contributed by atoms with Gasteiger partial charge in [0.25, 0.3) is 0 Å². The van der Waals surface area contributed by atoms with Gasteiger partial charge in [-0.25, -0.2) is 4.79 Å². The van der Waals surface area contributed by atoms with Crippen LogP contribution in [-0.2, 0) is 6.42 Å². The fourth-order valence-electron chi connectivity index (χ4n) is 0.894. The molecule has 1 heterocycles. The molecule has 1 aromatic rings. The lowest BCUT2D eigenvalue weighted by atomic mass is 10.2. The average molecular weight is 171 g/mol. The van der Waals surface area contributed by atoms with Gasteiger partial charge in [0.1, 0.15) is 4.88 Å². The van der Waals surface area contributed by atoms with Gasteiger partial charge in [0.2, 0.25) is 0 Å². The molecule has 0 aliphatic rings. The number of hydrogen-bond donors (Lipinski definition) is 2. The second kappa shape index (κ2) is 2.92. The Kier molecular flexibility index (Phi) is 2.14. The molecular formula is C7H9NO2S. The second-order valence-corrected chi connectivity index (χ2v) is 3.25. The van der Waals surface area contributed by atoms with Gasteiger partial charge in [0.05, 0.1) is 5.00 Å². The van der Waals surface area contributed by atoms with E-state index in [-0.39, 0.29) is 0 Å². The molecule has 0 saturated heterocycles. The maximum atomic E-state index is 10.5. The van der Waals surface area contributed by atoms with Gasteiger partial charge in [0.15, 0.2) is 0 Å². The normalized spacial score (nSPS) is 9.91. The van der Waals surface area contributed by atoms with Crippen LogP contribution in [0.3, 0.4) is 0 Å². The third-order valence-electron chi connectivity index (χ3n) is 1.40. The van der Waals surface area contributed by atoms with E-state index in [0.717, 1.165) is 23.3 Å². The standard InChI is InChI=1S/C7H9NO2S/c1-2-4-3-5(8)11-6(4)7(9)10/h3H,2,8H2,1H3,(H,9,10). The quantitative estimate of drug-likeness (QED) is 0.710. The fraction of sp³-hybridized carbons (Fsp3) is 0.286. The summed E-state index contributed by atoms with van der Waals surface area (Å²) < 4.78 is 0. The Bertz CT molecular complexity index is 280. The first-order valence-electron chi connectivity index (χ1n) is 3.26. The Hall–Kier alpha value is -1.03. The minimum atomic E-state index is -0.886. The zero-order chi connectivity index (χ0) is 8.43. The molecule has 3 N–H and O–H groups in total. The summed E-state index contributed by atoms with van der Waals surface area (Å²) in [6.07, 6.45) is 0.718. The number of nitrogens with two attached hydrogens (primary N) is 1. The van der Waals surface area contributed by atoms with Crippen LogP contribution in [0.4, 0.5) is 5.00 Å². The van der Waals surface area contributed by atoms with Gasteiger partial charge >= 0.3 is 5.97 Å². The number of carboxylic acids is 1. The van der Waals surface area contributed by atoms with Gasteiger partial charge in [-0.2, -0.15) is 0 Å². The number of aryl methyl sites for hydroxylation is 1.